The van der Waals surface area contributed by atoms with Gasteiger partial charge in [-0.3, -0.25) is 4.79 Å². The molecule has 0 aliphatic heterocycles. The average Bonchev–Trinajstić information content (AvgIpc) is 2.06. The van der Waals surface area contributed by atoms with Crippen LogP contribution in [0.25, 0.3) is 6.20 Å². The lowest BCUT2D eigenvalue weighted by Gasteiger charge is -1.98. The Labute approximate surface area is 79.4 Å². The number of hydrogen-bond acceptors (Lipinski definition) is 2. The summed E-state index contributed by atoms with van der Waals surface area (Å²) in [5.41, 5.74) is 0.222. The van der Waals surface area contributed by atoms with Crippen LogP contribution in [0.3, 0.4) is 0 Å². The quantitative estimate of drug-likeness (QED) is 0.698. The van der Waals surface area contributed by atoms with Gasteiger partial charge in [0.05, 0.1) is 6.20 Å². The zero-order valence-corrected chi connectivity index (χ0v) is 7.97. The summed E-state index contributed by atoms with van der Waals surface area (Å²) < 4.78 is 13.7. The summed E-state index contributed by atoms with van der Waals surface area (Å²) in [4.78, 5) is 11.2. The third kappa shape index (κ3) is 2.15. The molecule has 13 heavy (non-hydrogen) atoms. The van der Waals surface area contributed by atoms with Crippen molar-refractivity contribution in [1.29, 1.82) is 0 Å². The Balaban J connectivity index is 3.36. The van der Waals surface area contributed by atoms with Crippen molar-refractivity contribution in [1.82, 2.24) is 9.78 Å². The molecule has 0 atom stereocenters. The molecule has 3 nitrogen and oxygen atoms in total. The lowest BCUT2D eigenvalue weighted by molar-refractivity contribution is 0.604. The minimum absolute atomic E-state index is 0.437. The number of allylic oxidation sites excluding steroid dienone is 1. The van der Waals surface area contributed by atoms with Crippen LogP contribution in [-0.2, 0) is 0 Å². The van der Waals surface area contributed by atoms with Crippen molar-refractivity contribution in [3.05, 3.63) is 33.0 Å². The molecule has 0 radical (unpaired) electrons. The van der Waals surface area contributed by atoms with E-state index in [0.29, 0.717) is 0 Å². The Kier molecular flexibility index (Phi) is 2.83. The van der Waals surface area contributed by atoms with Gasteiger partial charge < -0.3 is 0 Å². The van der Waals surface area contributed by atoms with E-state index in [-0.39, 0.29) is 0 Å². The zero-order valence-electron chi connectivity index (χ0n) is 7.21. The first-order valence-corrected chi connectivity index (χ1v) is 3.98. The van der Waals surface area contributed by atoms with Crippen molar-refractivity contribution in [3.8, 4) is 0 Å². The SMILES string of the molecule is CC(C)=Cn1ncc(F)c(Cl)c1=O. The minimum Gasteiger partial charge on any atom is -0.266 e. The van der Waals surface area contributed by atoms with Gasteiger partial charge in [0.15, 0.2) is 5.82 Å². The normalized spacial score (nSPS) is 9.85. The molecule has 0 bridgehead atoms. The summed E-state index contributed by atoms with van der Waals surface area (Å²) in [5.74, 6) is -0.801. The van der Waals surface area contributed by atoms with Gasteiger partial charge >= 0.3 is 0 Å². The number of nitrogens with zero attached hydrogens (tertiary/aromatic N) is 2. The van der Waals surface area contributed by atoms with E-state index in [1.54, 1.807) is 13.8 Å². The fourth-order valence-corrected chi connectivity index (χ4v) is 0.897. The monoisotopic (exact) mass is 202 g/mol. The third-order valence-corrected chi connectivity index (χ3v) is 1.62. The molecule has 0 spiro atoms. The molecule has 5 heteroatoms. The van der Waals surface area contributed by atoms with Crippen LogP contribution < -0.4 is 5.56 Å². The van der Waals surface area contributed by atoms with Crippen LogP contribution in [0.5, 0.6) is 0 Å². The molecule has 0 aliphatic rings. The second kappa shape index (κ2) is 3.70. The zero-order chi connectivity index (χ0) is 10.0. The van der Waals surface area contributed by atoms with Gasteiger partial charge in [-0.05, 0) is 13.8 Å². The van der Waals surface area contributed by atoms with Gasteiger partial charge in [0.1, 0.15) is 5.02 Å². The van der Waals surface area contributed by atoms with E-state index >= 15 is 0 Å². The third-order valence-electron chi connectivity index (χ3n) is 1.28. The number of rotatable bonds is 1. The van der Waals surface area contributed by atoms with E-state index in [0.717, 1.165) is 16.5 Å². The molecule has 1 aromatic heterocycles. The van der Waals surface area contributed by atoms with E-state index < -0.39 is 16.4 Å². The van der Waals surface area contributed by atoms with Crippen LogP contribution in [0.4, 0.5) is 4.39 Å². The van der Waals surface area contributed by atoms with Gasteiger partial charge in [-0.15, -0.1) is 0 Å². The first kappa shape index (κ1) is 9.92. The van der Waals surface area contributed by atoms with Crippen LogP contribution in [0.2, 0.25) is 5.02 Å². The van der Waals surface area contributed by atoms with Gasteiger partial charge in [-0.1, -0.05) is 17.2 Å². The smallest absolute Gasteiger partial charge is 0.266 e. The predicted molar refractivity (Wildman–Crippen MR) is 49.1 cm³/mol. The van der Waals surface area contributed by atoms with Crippen molar-refractivity contribution in [2.75, 3.05) is 0 Å². The molecule has 0 saturated heterocycles. The Morgan fingerprint density at radius 2 is 2.31 bits per heavy atom. The van der Waals surface area contributed by atoms with Crippen LogP contribution in [0.15, 0.2) is 16.6 Å². The van der Waals surface area contributed by atoms with E-state index in [4.69, 9.17) is 11.6 Å². The largest absolute Gasteiger partial charge is 0.292 e. The van der Waals surface area contributed by atoms with E-state index in [1.165, 1.54) is 6.20 Å². The van der Waals surface area contributed by atoms with Crippen molar-refractivity contribution in [3.63, 3.8) is 0 Å². The van der Waals surface area contributed by atoms with Gasteiger partial charge in [0.2, 0.25) is 0 Å². The highest BCUT2D eigenvalue weighted by Gasteiger charge is 2.06. The van der Waals surface area contributed by atoms with Crippen LogP contribution >= 0.6 is 11.6 Å². The molecule has 0 fully saturated rings. The maximum atomic E-state index is 12.7. The lowest BCUT2D eigenvalue weighted by atomic mass is 10.4. The Bertz CT molecular complexity index is 407. The number of aromatic nitrogens is 2. The second-order valence-electron chi connectivity index (χ2n) is 2.76. The summed E-state index contributed by atoms with van der Waals surface area (Å²) in [6.07, 6.45) is 2.39. The minimum atomic E-state index is -0.801. The summed E-state index contributed by atoms with van der Waals surface area (Å²) in [7, 11) is 0. The lowest BCUT2D eigenvalue weighted by Crippen LogP contribution is -2.19. The summed E-state index contributed by atoms with van der Waals surface area (Å²) in [5, 5.41) is 3.11. The molecule has 0 aromatic carbocycles. The van der Waals surface area contributed by atoms with E-state index in [9.17, 15) is 9.18 Å². The van der Waals surface area contributed by atoms with Gasteiger partial charge in [0.25, 0.3) is 5.56 Å². The highest BCUT2D eigenvalue weighted by Crippen LogP contribution is 2.05. The molecule has 0 aliphatic carbocycles. The first-order valence-electron chi connectivity index (χ1n) is 3.60. The van der Waals surface area contributed by atoms with Crippen molar-refractivity contribution < 1.29 is 4.39 Å². The fraction of sp³-hybridized carbons (Fsp3) is 0.250. The Morgan fingerprint density at radius 3 is 2.85 bits per heavy atom. The first-order chi connectivity index (χ1) is 6.02. The molecule has 0 unspecified atom stereocenters. The van der Waals surface area contributed by atoms with Crippen molar-refractivity contribution in [2.45, 2.75) is 13.8 Å². The summed E-state index contributed by atoms with van der Waals surface area (Å²) in [6, 6.07) is 0. The van der Waals surface area contributed by atoms with Crippen LogP contribution in [0, 0.1) is 5.82 Å². The molecular formula is C8H8ClFN2O. The van der Waals surface area contributed by atoms with Crippen molar-refractivity contribution >= 4 is 17.8 Å². The second-order valence-corrected chi connectivity index (χ2v) is 3.14. The molecule has 0 amide bonds. The summed E-state index contributed by atoms with van der Waals surface area (Å²) >= 11 is 5.39. The highest BCUT2D eigenvalue weighted by atomic mass is 35.5. The standard InChI is InChI=1S/C8H8ClFN2O/c1-5(2)4-12-8(13)7(9)6(10)3-11-12/h3-4H,1-2H3. The topological polar surface area (TPSA) is 34.9 Å². The maximum absolute atomic E-state index is 12.7. The maximum Gasteiger partial charge on any atom is 0.292 e. The van der Waals surface area contributed by atoms with Crippen molar-refractivity contribution in [2.24, 2.45) is 0 Å². The van der Waals surface area contributed by atoms with E-state index in [2.05, 4.69) is 5.10 Å². The molecule has 1 rings (SSSR count). The highest BCUT2D eigenvalue weighted by molar-refractivity contribution is 6.30. The fourth-order valence-electron chi connectivity index (χ4n) is 0.761. The van der Waals surface area contributed by atoms with Crippen LogP contribution in [0.1, 0.15) is 13.8 Å². The Morgan fingerprint density at radius 1 is 1.69 bits per heavy atom. The van der Waals surface area contributed by atoms with Crippen LogP contribution in [-0.4, -0.2) is 9.78 Å². The molecule has 1 heterocycles. The molecule has 0 N–H and O–H groups in total. The van der Waals surface area contributed by atoms with Gasteiger partial charge in [-0.2, -0.15) is 5.10 Å². The number of halogens is 2. The molecular weight excluding hydrogens is 195 g/mol. The average molecular weight is 203 g/mol. The summed E-state index contributed by atoms with van der Waals surface area (Å²) in [6.45, 7) is 3.59. The van der Waals surface area contributed by atoms with E-state index in [1.807, 2.05) is 0 Å². The Hall–Kier alpha value is -1.16. The number of hydrogen-bond donors (Lipinski definition) is 0. The molecule has 0 saturated carbocycles. The molecule has 70 valence electrons. The predicted octanol–water partition coefficient (Wildman–Crippen LogP) is 1.92. The van der Waals surface area contributed by atoms with Gasteiger partial charge in [-0.25, -0.2) is 9.07 Å². The molecule has 1 aromatic rings. The van der Waals surface area contributed by atoms with Gasteiger partial charge in [0, 0.05) is 6.20 Å².